The number of ether oxygens (including phenoxy) is 1. The molecule has 8 nitrogen and oxygen atoms in total. The van der Waals surface area contributed by atoms with E-state index in [1.165, 1.54) is 6.08 Å². The van der Waals surface area contributed by atoms with Crippen LogP contribution in [0.2, 0.25) is 0 Å². The summed E-state index contributed by atoms with van der Waals surface area (Å²) < 4.78 is 5.22. The van der Waals surface area contributed by atoms with Crippen LogP contribution in [-0.4, -0.2) is 46.7 Å². The summed E-state index contributed by atoms with van der Waals surface area (Å²) in [6.45, 7) is 4.66. The molecule has 1 aromatic rings. The molecule has 3 heterocycles. The lowest BCUT2D eigenvalue weighted by Gasteiger charge is -2.36. The van der Waals surface area contributed by atoms with Crippen molar-refractivity contribution < 1.29 is 9.53 Å². The fourth-order valence-electron chi connectivity index (χ4n) is 3.37. The van der Waals surface area contributed by atoms with E-state index in [9.17, 15) is 4.79 Å². The highest BCUT2D eigenvalue weighted by Crippen LogP contribution is 2.28. The Morgan fingerprint density at radius 2 is 2.26 bits per heavy atom. The van der Waals surface area contributed by atoms with Crippen LogP contribution in [0.3, 0.4) is 0 Å². The Balaban J connectivity index is 1.94. The van der Waals surface area contributed by atoms with Crippen molar-refractivity contribution >= 4 is 17.8 Å². The number of nitrogens with two attached hydrogens (primary N) is 1. The number of carbonyl (C=O) groups excluding carboxylic acids is 1. The van der Waals surface area contributed by atoms with Gasteiger partial charge in [-0.15, -0.1) is 0 Å². The summed E-state index contributed by atoms with van der Waals surface area (Å²) in [4.78, 5) is 23.9. The molecule has 1 aromatic heterocycles. The van der Waals surface area contributed by atoms with Crippen LogP contribution in [0, 0.1) is 12.3 Å². The van der Waals surface area contributed by atoms with Crippen LogP contribution in [0.25, 0.3) is 5.70 Å². The number of aryl methyl sites for hydroxylation is 1. The molecule has 1 atom stereocenters. The number of amides is 1. The Hall–Kier alpha value is -3.16. The third-order valence-electron chi connectivity index (χ3n) is 4.72. The molecule has 0 aliphatic carbocycles. The number of hydrogen-bond donors (Lipinski definition) is 3. The second-order valence-corrected chi connectivity index (χ2v) is 6.62. The topological polar surface area (TPSA) is 117 Å². The number of carbonyl (C=O) groups is 1. The molecule has 1 amide bonds. The van der Waals surface area contributed by atoms with E-state index in [2.05, 4.69) is 15.3 Å². The number of nitrogens with zero attached hydrogens (tertiary/aromatic N) is 3. The molecule has 3 rings (SSSR count). The monoisotopic (exact) mass is 368 g/mol. The first-order valence-corrected chi connectivity index (χ1v) is 8.76. The van der Waals surface area contributed by atoms with Gasteiger partial charge in [-0.1, -0.05) is 0 Å². The number of nitrogens with one attached hydrogen (secondary N) is 2. The van der Waals surface area contributed by atoms with Crippen LogP contribution in [0.4, 0.5) is 0 Å². The molecular weight excluding hydrogens is 344 g/mol. The number of allylic oxidation sites excluding steroid dienone is 2. The minimum Gasteiger partial charge on any atom is -0.495 e. The molecule has 1 unspecified atom stereocenters. The van der Waals surface area contributed by atoms with Crippen LogP contribution >= 0.6 is 0 Å². The summed E-state index contributed by atoms with van der Waals surface area (Å²) in [6.07, 6.45) is 6.78. The van der Waals surface area contributed by atoms with Crippen LogP contribution in [-0.2, 0) is 22.5 Å². The maximum atomic E-state index is 13.1. The van der Waals surface area contributed by atoms with Crippen molar-refractivity contribution in [2.45, 2.75) is 32.9 Å². The molecule has 27 heavy (non-hydrogen) atoms. The molecule has 0 bridgehead atoms. The summed E-state index contributed by atoms with van der Waals surface area (Å²) in [7, 11) is 1.57. The number of hydrogen-bond acceptors (Lipinski definition) is 7. The molecule has 0 saturated carbocycles. The second kappa shape index (κ2) is 7.61. The lowest BCUT2D eigenvalue weighted by Crippen LogP contribution is -2.45. The summed E-state index contributed by atoms with van der Waals surface area (Å²) in [5.74, 6) is 1.18. The van der Waals surface area contributed by atoms with Gasteiger partial charge in [-0.05, 0) is 32.4 Å². The zero-order valence-corrected chi connectivity index (χ0v) is 15.7. The quantitative estimate of drug-likeness (QED) is 0.683. The van der Waals surface area contributed by atoms with E-state index in [4.69, 9.17) is 15.9 Å². The number of rotatable bonds is 4. The molecule has 0 radical (unpaired) electrons. The van der Waals surface area contributed by atoms with Crippen molar-refractivity contribution in [1.82, 2.24) is 20.2 Å². The van der Waals surface area contributed by atoms with E-state index in [1.54, 1.807) is 26.3 Å². The van der Waals surface area contributed by atoms with Gasteiger partial charge in [-0.3, -0.25) is 4.79 Å². The Labute approximate surface area is 158 Å². The first-order valence-electron chi connectivity index (χ1n) is 8.76. The lowest BCUT2D eigenvalue weighted by atomic mass is 9.94. The van der Waals surface area contributed by atoms with E-state index < -0.39 is 0 Å². The first-order chi connectivity index (χ1) is 12.9. The van der Waals surface area contributed by atoms with Gasteiger partial charge in [0.1, 0.15) is 11.6 Å². The third-order valence-corrected chi connectivity index (χ3v) is 4.72. The average Bonchev–Trinajstić information content (AvgIpc) is 2.67. The maximum absolute atomic E-state index is 13.1. The van der Waals surface area contributed by atoms with Gasteiger partial charge in [0.2, 0.25) is 0 Å². The second-order valence-electron chi connectivity index (χ2n) is 6.62. The SMILES string of the molecule is COC1=CNCC(C(=O)N2Cc3nc(C)nc(/C(N)=C/C=N)c3CC2C)=C1. The smallest absolute Gasteiger partial charge is 0.252 e. The first kappa shape index (κ1) is 18.6. The molecular formula is C19H24N6O2. The Bertz CT molecular complexity index is 871. The zero-order chi connectivity index (χ0) is 19.6. The van der Waals surface area contributed by atoms with Gasteiger partial charge in [0.15, 0.2) is 0 Å². The Kier molecular flexibility index (Phi) is 5.25. The molecule has 0 fully saturated rings. The minimum atomic E-state index is -0.0379. The van der Waals surface area contributed by atoms with Gasteiger partial charge in [-0.2, -0.15) is 0 Å². The van der Waals surface area contributed by atoms with Gasteiger partial charge >= 0.3 is 0 Å². The molecule has 142 valence electrons. The van der Waals surface area contributed by atoms with Gasteiger partial charge in [0.25, 0.3) is 5.91 Å². The van der Waals surface area contributed by atoms with E-state index >= 15 is 0 Å². The molecule has 0 saturated heterocycles. The molecule has 8 heteroatoms. The van der Waals surface area contributed by atoms with Crippen molar-refractivity contribution in [3.8, 4) is 0 Å². The molecule has 0 spiro atoms. The number of methoxy groups -OCH3 is 1. The molecule has 0 aromatic carbocycles. The van der Waals surface area contributed by atoms with Crippen LogP contribution < -0.4 is 11.1 Å². The van der Waals surface area contributed by atoms with Crippen LogP contribution in [0.1, 0.15) is 29.7 Å². The standard InChI is InChI=1S/C19H24N6O2/c1-11-6-15-17(23-12(2)24-18(15)16(21)4-5-20)10-25(11)19(26)13-7-14(27-3)9-22-8-13/h4-5,7,9,11,20,22H,6,8,10,21H2,1-3H3/b16-4-,20-5?. The van der Waals surface area contributed by atoms with Crippen molar-refractivity contribution in [3.63, 3.8) is 0 Å². The summed E-state index contributed by atoms with van der Waals surface area (Å²) in [5.41, 5.74) is 9.58. The van der Waals surface area contributed by atoms with Gasteiger partial charge < -0.3 is 26.1 Å². The van der Waals surface area contributed by atoms with E-state index in [1.807, 2.05) is 11.8 Å². The highest BCUT2D eigenvalue weighted by Gasteiger charge is 2.32. The van der Waals surface area contributed by atoms with Crippen molar-refractivity contribution in [2.75, 3.05) is 13.7 Å². The van der Waals surface area contributed by atoms with Gasteiger partial charge in [0, 0.05) is 36.1 Å². The average molecular weight is 368 g/mol. The summed E-state index contributed by atoms with van der Waals surface area (Å²) >= 11 is 0. The molecule has 2 aliphatic rings. The van der Waals surface area contributed by atoms with Crippen LogP contribution in [0.5, 0.6) is 0 Å². The van der Waals surface area contributed by atoms with Gasteiger partial charge in [0.05, 0.1) is 30.7 Å². The fourth-order valence-corrected chi connectivity index (χ4v) is 3.37. The highest BCUT2D eigenvalue weighted by molar-refractivity contribution is 5.95. The lowest BCUT2D eigenvalue weighted by molar-refractivity contribution is -0.130. The number of fused-ring (bicyclic) bond motifs is 1. The van der Waals surface area contributed by atoms with Crippen molar-refractivity contribution in [3.05, 3.63) is 52.5 Å². The summed E-state index contributed by atoms with van der Waals surface area (Å²) in [5, 5.41) is 10.3. The third kappa shape index (κ3) is 3.69. The molecule has 2 aliphatic heterocycles. The fraction of sp³-hybridized carbons (Fsp3) is 0.368. The zero-order valence-electron chi connectivity index (χ0n) is 15.7. The van der Waals surface area contributed by atoms with E-state index in [0.29, 0.717) is 48.1 Å². The molecule has 4 N–H and O–H groups in total. The van der Waals surface area contributed by atoms with Crippen molar-refractivity contribution in [2.24, 2.45) is 5.73 Å². The minimum absolute atomic E-state index is 0.0272. The largest absolute Gasteiger partial charge is 0.495 e. The maximum Gasteiger partial charge on any atom is 0.252 e. The van der Waals surface area contributed by atoms with Gasteiger partial charge in [-0.25, -0.2) is 9.97 Å². The predicted molar refractivity (Wildman–Crippen MR) is 103 cm³/mol. The Morgan fingerprint density at radius 1 is 1.48 bits per heavy atom. The highest BCUT2D eigenvalue weighted by atomic mass is 16.5. The normalized spacial score (nSPS) is 19.4. The number of dihydropyridines is 1. The van der Waals surface area contributed by atoms with E-state index in [0.717, 1.165) is 17.5 Å². The van der Waals surface area contributed by atoms with Crippen molar-refractivity contribution in [1.29, 1.82) is 5.41 Å². The van der Waals surface area contributed by atoms with Crippen LogP contribution in [0.15, 0.2) is 29.7 Å². The van der Waals surface area contributed by atoms with E-state index in [-0.39, 0.29) is 11.9 Å². The summed E-state index contributed by atoms with van der Waals surface area (Å²) in [6, 6.07) is -0.0272. The number of aromatic nitrogens is 2. The Morgan fingerprint density at radius 3 is 2.96 bits per heavy atom. The predicted octanol–water partition coefficient (Wildman–Crippen LogP) is 1.02.